The average Bonchev–Trinajstić information content (AvgIpc) is 2.29. The van der Waals surface area contributed by atoms with E-state index in [4.69, 9.17) is 21.6 Å². The highest BCUT2D eigenvalue weighted by Gasteiger charge is 2.11. The Bertz CT molecular complexity index is 468. The van der Waals surface area contributed by atoms with Crippen LogP contribution in [-0.2, 0) is 21.8 Å². The lowest BCUT2D eigenvalue weighted by atomic mass is 10.0. The summed E-state index contributed by atoms with van der Waals surface area (Å²) in [5.74, 6) is -0.0352. The van der Waals surface area contributed by atoms with Gasteiger partial charge in [0, 0.05) is 10.4 Å². The maximum atomic E-state index is 11.4. The van der Waals surface area contributed by atoms with Gasteiger partial charge < -0.3 is 4.74 Å². The highest BCUT2D eigenvalue weighted by atomic mass is 79.9. The summed E-state index contributed by atoms with van der Waals surface area (Å²) in [5.41, 5.74) is 2.07. The molecule has 3 nitrogen and oxygen atoms in total. The lowest BCUT2D eigenvalue weighted by molar-refractivity contribution is -0.142. The van der Waals surface area contributed by atoms with Gasteiger partial charge in [0.15, 0.2) is 0 Å². The van der Waals surface area contributed by atoms with E-state index in [1.54, 1.807) is 19.1 Å². The molecule has 0 atom stereocenters. The summed E-state index contributed by atoms with van der Waals surface area (Å²) in [6.07, 6.45) is 0.167. The number of nitrogens with zero attached hydrogens (tertiary/aromatic N) is 1. The first-order chi connectivity index (χ1) is 8.12. The Labute approximate surface area is 113 Å². The summed E-state index contributed by atoms with van der Waals surface area (Å²) in [7, 11) is 0. The van der Waals surface area contributed by atoms with Crippen LogP contribution in [0.4, 0.5) is 0 Å². The zero-order chi connectivity index (χ0) is 12.8. The second kappa shape index (κ2) is 6.63. The molecule has 1 aromatic carbocycles. The van der Waals surface area contributed by atoms with Crippen LogP contribution in [0.25, 0.3) is 0 Å². The third-order valence-corrected chi connectivity index (χ3v) is 3.14. The molecule has 0 amide bonds. The summed E-state index contributed by atoms with van der Waals surface area (Å²) in [5, 5.41) is 8.88. The minimum atomic E-state index is -0.296. The third kappa shape index (κ3) is 3.72. The topological polar surface area (TPSA) is 50.1 Å². The van der Waals surface area contributed by atoms with Crippen molar-refractivity contribution < 1.29 is 9.53 Å². The number of rotatable bonds is 4. The molecular formula is C12H11BrClNO2. The molecule has 17 heavy (non-hydrogen) atoms. The summed E-state index contributed by atoms with van der Waals surface area (Å²) in [4.78, 5) is 11.4. The molecule has 0 aliphatic rings. The Kier molecular flexibility index (Phi) is 5.46. The number of hydrogen-bond donors (Lipinski definition) is 0. The third-order valence-electron chi connectivity index (χ3n) is 2.19. The normalized spacial score (nSPS) is 9.76. The highest BCUT2D eigenvalue weighted by molar-refractivity contribution is 9.10. The molecule has 0 N–H and O–H groups in total. The molecule has 0 heterocycles. The summed E-state index contributed by atoms with van der Waals surface area (Å²) in [6, 6.07) is 5.48. The van der Waals surface area contributed by atoms with E-state index in [1.807, 2.05) is 0 Å². The number of benzene rings is 1. The maximum absolute atomic E-state index is 11.4. The van der Waals surface area contributed by atoms with E-state index in [2.05, 4.69) is 22.0 Å². The van der Waals surface area contributed by atoms with Crippen molar-refractivity contribution in [2.24, 2.45) is 0 Å². The lowest BCUT2D eigenvalue weighted by Gasteiger charge is -2.08. The number of carbonyl (C=O) groups excluding carboxylic acids is 1. The maximum Gasteiger partial charge on any atom is 0.310 e. The Hall–Kier alpha value is -1.05. The Morgan fingerprint density at radius 1 is 1.53 bits per heavy atom. The van der Waals surface area contributed by atoms with Gasteiger partial charge in [-0.1, -0.05) is 0 Å². The standard InChI is InChI=1S/C12H11BrClNO2/c1-2-17-12(16)5-8-4-11(13)10(7-15)3-9(8)6-14/h3-4H,2,5-6H2,1H3. The van der Waals surface area contributed by atoms with Gasteiger partial charge >= 0.3 is 5.97 Å². The van der Waals surface area contributed by atoms with Gasteiger partial charge in [-0.15, -0.1) is 11.6 Å². The van der Waals surface area contributed by atoms with Gasteiger partial charge in [0.2, 0.25) is 0 Å². The molecule has 0 spiro atoms. The zero-order valence-corrected chi connectivity index (χ0v) is 11.6. The number of carbonyl (C=O) groups is 1. The van der Waals surface area contributed by atoms with Crippen molar-refractivity contribution in [3.63, 3.8) is 0 Å². The molecule has 0 saturated carbocycles. The minimum Gasteiger partial charge on any atom is -0.466 e. The van der Waals surface area contributed by atoms with Crippen LogP contribution in [0.2, 0.25) is 0 Å². The molecular weight excluding hydrogens is 305 g/mol. The van der Waals surface area contributed by atoms with Crippen molar-refractivity contribution >= 4 is 33.5 Å². The van der Waals surface area contributed by atoms with Gasteiger partial charge in [0.25, 0.3) is 0 Å². The number of hydrogen-bond acceptors (Lipinski definition) is 3. The van der Waals surface area contributed by atoms with Gasteiger partial charge in [0.05, 0.1) is 18.6 Å². The first-order valence-corrected chi connectivity index (χ1v) is 6.38. The van der Waals surface area contributed by atoms with Crippen LogP contribution in [0.15, 0.2) is 16.6 Å². The van der Waals surface area contributed by atoms with Crippen molar-refractivity contribution in [3.8, 4) is 6.07 Å². The van der Waals surface area contributed by atoms with E-state index in [9.17, 15) is 4.79 Å². The molecule has 0 unspecified atom stereocenters. The molecule has 5 heteroatoms. The van der Waals surface area contributed by atoms with E-state index in [0.29, 0.717) is 16.6 Å². The largest absolute Gasteiger partial charge is 0.466 e. The molecule has 0 fully saturated rings. The van der Waals surface area contributed by atoms with Crippen molar-refractivity contribution in [3.05, 3.63) is 33.3 Å². The van der Waals surface area contributed by atoms with Gasteiger partial charge in [0.1, 0.15) is 6.07 Å². The molecule has 0 radical (unpaired) electrons. The molecule has 0 aromatic heterocycles. The van der Waals surface area contributed by atoms with E-state index in [1.165, 1.54) is 0 Å². The van der Waals surface area contributed by atoms with Crippen LogP contribution in [-0.4, -0.2) is 12.6 Å². The Morgan fingerprint density at radius 3 is 2.76 bits per heavy atom. The second-order valence-electron chi connectivity index (χ2n) is 3.33. The van der Waals surface area contributed by atoms with Crippen LogP contribution in [0.1, 0.15) is 23.6 Å². The number of ether oxygens (including phenoxy) is 1. The monoisotopic (exact) mass is 315 g/mol. The number of esters is 1. The number of halogens is 2. The first-order valence-electron chi connectivity index (χ1n) is 5.05. The minimum absolute atomic E-state index is 0.167. The fraction of sp³-hybridized carbons (Fsp3) is 0.333. The van der Waals surface area contributed by atoms with Gasteiger partial charge in [-0.2, -0.15) is 5.26 Å². The van der Waals surface area contributed by atoms with Crippen LogP contribution < -0.4 is 0 Å². The van der Waals surface area contributed by atoms with Crippen LogP contribution in [0, 0.1) is 11.3 Å². The van der Waals surface area contributed by atoms with Crippen molar-refractivity contribution in [1.29, 1.82) is 5.26 Å². The van der Waals surface area contributed by atoms with Gasteiger partial charge in [-0.25, -0.2) is 0 Å². The fourth-order valence-electron chi connectivity index (χ4n) is 1.40. The quantitative estimate of drug-likeness (QED) is 0.633. The van der Waals surface area contributed by atoms with Crippen molar-refractivity contribution in [2.45, 2.75) is 19.2 Å². The Morgan fingerprint density at radius 2 is 2.24 bits per heavy atom. The first kappa shape index (κ1) is 14.0. The van der Waals surface area contributed by atoms with E-state index in [-0.39, 0.29) is 18.3 Å². The van der Waals surface area contributed by atoms with Gasteiger partial charge in [-0.05, 0) is 46.1 Å². The molecule has 0 aliphatic carbocycles. The van der Waals surface area contributed by atoms with Gasteiger partial charge in [-0.3, -0.25) is 4.79 Å². The molecule has 0 bridgehead atoms. The van der Waals surface area contributed by atoms with E-state index in [0.717, 1.165) is 11.1 Å². The number of nitriles is 1. The predicted molar refractivity (Wildman–Crippen MR) is 68.8 cm³/mol. The molecule has 90 valence electrons. The zero-order valence-electron chi connectivity index (χ0n) is 9.30. The van der Waals surface area contributed by atoms with E-state index < -0.39 is 0 Å². The average molecular weight is 317 g/mol. The van der Waals surface area contributed by atoms with E-state index >= 15 is 0 Å². The lowest BCUT2D eigenvalue weighted by Crippen LogP contribution is -2.09. The summed E-state index contributed by atoms with van der Waals surface area (Å²) in [6.45, 7) is 2.11. The molecule has 0 aliphatic heterocycles. The predicted octanol–water partition coefficient (Wildman–Crippen LogP) is 3.17. The SMILES string of the molecule is CCOC(=O)Cc1cc(Br)c(C#N)cc1CCl. The highest BCUT2D eigenvalue weighted by Crippen LogP contribution is 2.23. The molecule has 0 saturated heterocycles. The molecule has 1 aromatic rings. The van der Waals surface area contributed by atoms with Crippen LogP contribution >= 0.6 is 27.5 Å². The number of alkyl halides is 1. The molecule has 1 rings (SSSR count). The van der Waals surface area contributed by atoms with Crippen LogP contribution in [0.5, 0.6) is 0 Å². The summed E-state index contributed by atoms with van der Waals surface area (Å²) >= 11 is 9.08. The smallest absolute Gasteiger partial charge is 0.310 e. The Balaban J connectivity index is 3.03. The second-order valence-corrected chi connectivity index (χ2v) is 4.45. The van der Waals surface area contributed by atoms with Crippen molar-refractivity contribution in [1.82, 2.24) is 0 Å². The summed E-state index contributed by atoms with van der Waals surface area (Å²) < 4.78 is 5.54. The van der Waals surface area contributed by atoms with Crippen molar-refractivity contribution in [2.75, 3.05) is 6.61 Å². The fourth-order valence-corrected chi connectivity index (χ4v) is 2.13. The van der Waals surface area contributed by atoms with Crippen LogP contribution in [0.3, 0.4) is 0 Å².